The van der Waals surface area contributed by atoms with E-state index in [0.717, 1.165) is 27.2 Å². The topological polar surface area (TPSA) is 70.1 Å². The van der Waals surface area contributed by atoms with Crippen molar-refractivity contribution in [2.24, 2.45) is 0 Å². The van der Waals surface area contributed by atoms with E-state index in [1.807, 2.05) is 31.2 Å². The van der Waals surface area contributed by atoms with Gasteiger partial charge in [-0.2, -0.15) is 4.98 Å². The van der Waals surface area contributed by atoms with E-state index in [-0.39, 0.29) is 12.6 Å². The fraction of sp³-hybridized carbons (Fsp3) is 0.412. The Bertz CT molecular complexity index is 703. The van der Waals surface area contributed by atoms with Crippen molar-refractivity contribution in [3.8, 4) is 0 Å². The predicted octanol–water partition coefficient (Wildman–Crippen LogP) is 3.96. The second-order valence-electron chi connectivity index (χ2n) is 6.04. The zero-order chi connectivity index (χ0) is 16.4. The molecule has 1 saturated carbocycles. The molecule has 0 unspecified atom stereocenters. The third kappa shape index (κ3) is 4.00. The summed E-state index contributed by atoms with van der Waals surface area (Å²) in [6, 6.07) is 7.99. The van der Waals surface area contributed by atoms with Gasteiger partial charge in [0.05, 0.1) is 12.3 Å². The average Bonchev–Trinajstić information content (AvgIpc) is 3.36. The van der Waals surface area contributed by atoms with Crippen molar-refractivity contribution in [2.75, 3.05) is 17.2 Å². The van der Waals surface area contributed by atoms with Gasteiger partial charge in [0.25, 0.3) is 0 Å². The second-order valence-corrected chi connectivity index (χ2v) is 6.90. The summed E-state index contributed by atoms with van der Waals surface area (Å²) in [5.74, 6) is 1.87. The average molecular weight is 377 g/mol. The van der Waals surface area contributed by atoms with Crippen molar-refractivity contribution in [1.29, 1.82) is 0 Å². The molecule has 5 nitrogen and oxygen atoms in total. The molecule has 0 bridgehead atoms. The quantitative estimate of drug-likeness (QED) is 0.711. The molecule has 0 spiro atoms. The first-order valence-corrected chi connectivity index (χ1v) is 8.64. The number of aliphatic hydroxyl groups excluding tert-OH is 1. The van der Waals surface area contributed by atoms with Crippen LogP contribution in [0.5, 0.6) is 0 Å². The first kappa shape index (κ1) is 16.2. The maximum atomic E-state index is 9.22. The number of benzene rings is 1. The van der Waals surface area contributed by atoms with Crippen LogP contribution in [-0.2, 0) is 0 Å². The van der Waals surface area contributed by atoms with Crippen molar-refractivity contribution in [3.63, 3.8) is 0 Å². The van der Waals surface area contributed by atoms with E-state index in [1.165, 1.54) is 12.8 Å². The zero-order valence-corrected chi connectivity index (χ0v) is 14.9. The molecule has 0 radical (unpaired) electrons. The molecule has 0 amide bonds. The smallest absolute Gasteiger partial charge is 0.225 e. The minimum absolute atomic E-state index is 0.0461. The Labute approximate surface area is 144 Å². The fourth-order valence-electron chi connectivity index (χ4n) is 2.33. The number of halogens is 1. The molecular formula is C17H21BrN4O. The van der Waals surface area contributed by atoms with E-state index >= 15 is 0 Å². The highest BCUT2D eigenvalue weighted by Crippen LogP contribution is 2.40. The molecule has 2 aromatic rings. The first-order valence-electron chi connectivity index (χ1n) is 7.85. The van der Waals surface area contributed by atoms with E-state index in [9.17, 15) is 5.11 Å². The minimum atomic E-state index is -0.0788. The molecular weight excluding hydrogens is 356 g/mol. The Balaban J connectivity index is 1.89. The van der Waals surface area contributed by atoms with E-state index in [1.54, 1.807) is 0 Å². The summed E-state index contributed by atoms with van der Waals surface area (Å²) >= 11 is 3.55. The van der Waals surface area contributed by atoms with Gasteiger partial charge in [0.15, 0.2) is 0 Å². The van der Waals surface area contributed by atoms with Gasteiger partial charge >= 0.3 is 0 Å². The molecule has 1 atom stereocenters. The molecule has 1 heterocycles. The number of aromatic nitrogens is 2. The molecule has 0 saturated heterocycles. The van der Waals surface area contributed by atoms with Crippen LogP contribution in [0.25, 0.3) is 0 Å². The molecule has 122 valence electrons. The van der Waals surface area contributed by atoms with Gasteiger partial charge in [-0.05, 0) is 44.4 Å². The van der Waals surface area contributed by atoms with Crippen LogP contribution in [0, 0.1) is 6.92 Å². The SMILES string of the molecule is Cc1c(Br)cccc1Nc1cc(C2CC2)nc(N[C@H](C)CO)n1. The van der Waals surface area contributed by atoms with Crippen molar-refractivity contribution < 1.29 is 5.11 Å². The van der Waals surface area contributed by atoms with Crippen LogP contribution in [0.15, 0.2) is 28.7 Å². The maximum absolute atomic E-state index is 9.22. The van der Waals surface area contributed by atoms with Gasteiger partial charge in [-0.15, -0.1) is 0 Å². The number of rotatable bonds is 6. The molecule has 0 aliphatic heterocycles. The predicted molar refractivity (Wildman–Crippen MR) is 96.3 cm³/mol. The van der Waals surface area contributed by atoms with Gasteiger partial charge < -0.3 is 15.7 Å². The molecule has 23 heavy (non-hydrogen) atoms. The summed E-state index contributed by atoms with van der Waals surface area (Å²) in [5, 5.41) is 15.7. The van der Waals surface area contributed by atoms with Crippen LogP contribution < -0.4 is 10.6 Å². The number of anilines is 3. The Kier molecular flexibility index (Phi) is 4.82. The molecule has 3 rings (SSSR count). The summed E-state index contributed by atoms with van der Waals surface area (Å²) in [5.41, 5.74) is 3.21. The van der Waals surface area contributed by atoms with Crippen LogP contribution in [-0.4, -0.2) is 27.7 Å². The highest BCUT2D eigenvalue weighted by atomic mass is 79.9. The normalized spacial score (nSPS) is 15.3. The standard InChI is InChI=1S/C17H21BrN4O/c1-10(9-23)19-17-21-15(12-6-7-12)8-16(22-17)20-14-5-3-4-13(18)11(14)2/h3-5,8,10,12,23H,6-7,9H2,1-2H3,(H2,19,20,21,22)/t10-/m1/s1. The van der Waals surface area contributed by atoms with Crippen LogP contribution in [0.2, 0.25) is 0 Å². The van der Waals surface area contributed by atoms with Gasteiger partial charge in [-0.1, -0.05) is 22.0 Å². The lowest BCUT2D eigenvalue weighted by atomic mass is 10.2. The largest absolute Gasteiger partial charge is 0.394 e. The molecule has 3 N–H and O–H groups in total. The van der Waals surface area contributed by atoms with Gasteiger partial charge in [0, 0.05) is 28.2 Å². The fourth-order valence-corrected chi connectivity index (χ4v) is 2.70. The van der Waals surface area contributed by atoms with Crippen molar-refractivity contribution in [3.05, 3.63) is 40.0 Å². The zero-order valence-electron chi connectivity index (χ0n) is 13.3. The van der Waals surface area contributed by atoms with Gasteiger partial charge in [-0.25, -0.2) is 4.98 Å². The third-order valence-corrected chi connectivity index (χ3v) is 4.78. The Hall–Kier alpha value is -1.66. The van der Waals surface area contributed by atoms with Gasteiger partial charge in [-0.3, -0.25) is 0 Å². The summed E-state index contributed by atoms with van der Waals surface area (Å²) < 4.78 is 1.06. The molecule has 6 heteroatoms. The number of aliphatic hydroxyl groups is 1. The lowest BCUT2D eigenvalue weighted by Crippen LogP contribution is -2.21. The third-order valence-electron chi connectivity index (χ3n) is 3.92. The summed E-state index contributed by atoms with van der Waals surface area (Å²) in [6.45, 7) is 4.01. The number of nitrogens with one attached hydrogen (secondary N) is 2. The van der Waals surface area contributed by atoms with Crippen LogP contribution in [0.1, 0.15) is 36.9 Å². The van der Waals surface area contributed by atoms with Crippen molar-refractivity contribution in [2.45, 2.75) is 38.6 Å². The van der Waals surface area contributed by atoms with Crippen LogP contribution >= 0.6 is 15.9 Å². The number of hydrogen-bond donors (Lipinski definition) is 3. The molecule has 1 aromatic heterocycles. The Morgan fingerprint density at radius 1 is 1.35 bits per heavy atom. The highest BCUT2D eigenvalue weighted by molar-refractivity contribution is 9.10. The van der Waals surface area contributed by atoms with E-state index in [0.29, 0.717) is 11.9 Å². The molecule has 1 aromatic carbocycles. The van der Waals surface area contributed by atoms with Gasteiger partial charge in [0.2, 0.25) is 5.95 Å². The second kappa shape index (κ2) is 6.84. The van der Waals surface area contributed by atoms with Crippen molar-refractivity contribution >= 4 is 33.4 Å². The number of hydrogen-bond acceptors (Lipinski definition) is 5. The lowest BCUT2D eigenvalue weighted by Gasteiger charge is -2.15. The van der Waals surface area contributed by atoms with E-state index < -0.39 is 0 Å². The molecule has 1 aliphatic carbocycles. The molecule has 1 aliphatic rings. The first-order chi connectivity index (χ1) is 11.1. The monoisotopic (exact) mass is 376 g/mol. The van der Waals surface area contributed by atoms with E-state index in [2.05, 4.69) is 43.5 Å². The number of nitrogens with zero attached hydrogens (tertiary/aromatic N) is 2. The van der Waals surface area contributed by atoms with E-state index in [4.69, 9.17) is 0 Å². The Morgan fingerprint density at radius 2 is 2.13 bits per heavy atom. The Morgan fingerprint density at radius 3 is 2.83 bits per heavy atom. The van der Waals surface area contributed by atoms with Gasteiger partial charge in [0.1, 0.15) is 5.82 Å². The highest BCUT2D eigenvalue weighted by Gasteiger charge is 2.26. The molecule has 1 fully saturated rings. The van der Waals surface area contributed by atoms with Crippen LogP contribution in [0.4, 0.5) is 17.5 Å². The van der Waals surface area contributed by atoms with Crippen molar-refractivity contribution in [1.82, 2.24) is 9.97 Å². The maximum Gasteiger partial charge on any atom is 0.225 e. The lowest BCUT2D eigenvalue weighted by molar-refractivity contribution is 0.281. The summed E-state index contributed by atoms with van der Waals surface area (Å²) in [7, 11) is 0. The summed E-state index contributed by atoms with van der Waals surface area (Å²) in [4.78, 5) is 9.12. The summed E-state index contributed by atoms with van der Waals surface area (Å²) in [6.07, 6.45) is 2.36. The minimum Gasteiger partial charge on any atom is -0.394 e. The van der Waals surface area contributed by atoms with Crippen LogP contribution in [0.3, 0.4) is 0 Å².